The van der Waals surface area contributed by atoms with E-state index in [9.17, 15) is 0 Å². The molecule has 3 rings (SSSR count). The number of benzene rings is 1. The van der Waals surface area contributed by atoms with Gasteiger partial charge in [-0.05, 0) is 37.0 Å². The standard InChI is InChI=1S/C16H26N6/c1-2-3-12-22-16(18-19-20-22)17-13-14-6-8-15(9-7-14)21-10-4-5-11-21/h6-9,19-20H,2-5,10-13H2,1H3,(H,17,18). The number of guanidine groups is 1. The van der Waals surface area contributed by atoms with Gasteiger partial charge >= 0.3 is 0 Å². The van der Waals surface area contributed by atoms with E-state index in [1.807, 2.05) is 5.01 Å². The van der Waals surface area contributed by atoms with Crippen molar-refractivity contribution in [3.8, 4) is 0 Å². The van der Waals surface area contributed by atoms with Crippen LogP contribution >= 0.6 is 0 Å². The van der Waals surface area contributed by atoms with Gasteiger partial charge in [0.2, 0.25) is 5.96 Å². The molecule has 22 heavy (non-hydrogen) atoms. The van der Waals surface area contributed by atoms with Crippen molar-refractivity contribution in [1.29, 1.82) is 0 Å². The van der Waals surface area contributed by atoms with E-state index >= 15 is 0 Å². The van der Waals surface area contributed by atoms with Gasteiger partial charge < -0.3 is 4.90 Å². The molecule has 0 atom stereocenters. The van der Waals surface area contributed by atoms with Gasteiger partial charge in [0.1, 0.15) is 0 Å². The average molecular weight is 302 g/mol. The van der Waals surface area contributed by atoms with Crippen LogP contribution in [0.25, 0.3) is 0 Å². The predicted molar refractivity (Wildman–Crippen MR) is 90.0 cm³/mol. The highest BCUT2D eigenvalue weighted by Crippen LogP contribution is 2.20. The molecule has 0 amide bonds. The van der Waals surface area contributed by atoms with Crippen LogP contribution in [-0.2, 0) is 6.54 Å². The lowest BCUT2D eigenvalue weighted by molar-refractivity contribution is 0.296. The molecule has 1 aromatic rings. The second kappa shape index (κ2) is 7.47. The quantitative estimate of drug-likeness (QED) is 0.748. The molecule has 1 aromatic carbocycles. The van der Waals surface area contributed by atoms with E-state index in [-0.39, 0.29) is 0 Å². The van der Waals surface area contributed by atoms with E-state index in [0.717, 1.165) is 18.9 Å². The maximum atomic E-state index is 4.65. The molecule has 2 saturated heterocycles. The summed E-state index contributed by atoms with van der Waals surface area (Å²) in [6.07, 6.45) is 4.94. The number of aliphatic imine (C=N–C) groups is 1. The molecule has 2 aliphatic rings. The Hall–Kier alpha value is -1.79. The summed E-state index contributed by atoms with van der Waals surface area (Å²) in [5.74, 6) is 0.858. The Labute approximate surface area is 132 Å². The molecule has 120 valence electrons. The van der Waals surface area contributed by atoms with Crippen molar-refractivity contribution in [2.24, 2.45) is 4.99 Å². The zero-order valence-corrected chi connectivity index (χ0v) is 13.3. The van der Waals surface area contributed by atoms with Crippen LogP contribution < -0.4 is 21.4 Å². The molecule has 0 aromatic heterocycles. The molecular formula is C16H26N6. The first-order chi connectivity index (χ1) is 10.9. The molecule has 6 nitrogen and oxygen atoms in total. The van der Waals surface area contributed by atoms with Crippen LogP contribution in [0, 0.1) is 0 Å². The Kier molecular flexibility index (Phi) is 5.13. The van der Waals surface area contributed by atoms with Gasteiger partial charge in [0.05, 0.1) is 6.54 Å². The Morgan fingerprint density at radius 1 is 1.14 bits per heavy atom. The molecule has 0 spiro atoms. The summed E-state index contributed by atoms with van der Waals surface area (Å²) < 4.78 is 0. The fraction of sp³-hybridized carbons (Fsp3) is 0.562. The fourth-order valence-corrected chi connectivity index (χ4v) is 2.83. The molecule has 2 heterocycles. The number of hydrogen-bond acceptors (Lipinski definition) is 4. The second-order valence-electron chi connectivity index (χ2n) is 5.87. The summed E-state index contributed by atoms with van der Waals surface area (Å²) in [6, 6.07) is 8.80. The first kappa shape index (κ1) is 15.1. The van der Waals surface area contributed by atoms with Crippen LogP contribution in [0.4, 0.5) is 5.69 Å². The van der Waals surface area contributed by atoms with Crippen molar-refractivity contribution < 1.29 is 0 Å². The molecule has 0 saturated carbocycles. The topological polar surface area (TPSA) is 54.9 Å². The average Bonchev–Trinajstić information content (AvgIpc) is 3.23. The normalized spacial score (nSPS) is 20.0. The number of hydrazine groups is 3. The lowest BCUT2D eigenvalue weighted by Gasteiger charge is -2.17. The lowest BCUT2D eigenvalue weighted by atomic mass is 10.2. The van der Waals surface area contributed by atoms with Crippen molar-refractivity contribution >= 4 is 11.6 Å². The first-order valence-corrected chi connectivity index (χ1v) is 8.29. The largest absolute Gasteiger partial charge is 0.372 e. The van der Waals surface area contributed by atoms with Gasteiger partial charge in [-0.3, -0.25) is 10.4 Å². The molecule has 0 radical (unpaired) electrons. The van der Waals surface area contributed by atoms with Crippen LogP contribution in [0.2, 0.25) is 0 Å². The summed E-state index contributed by atoms with van der Waals surface area (Å²) in [4.78, 5) is 7.10. The maximum Gasteiger partial charge on any atom is 0.225 e. The van der Waals surface area contributed by atoms with Crippen LogP contribution in [-0.4, -0.2) is 30.6 Å². The zero-order valence-electron chi connectivity index (χ0n) is 13.3. The van der Waals surface area contributed by atoms with Crippen LogP contribution in [0.1, 0.15) is 38.2 Å². The monoisotopic (exact) mass is 302 g/mol. The van der Waals surface area contributed by atoms with Gasteiger partial charge in [0.25, 0.3) is 0 Å². The SMILES string of the molecule is CCCCN1NNNC1=NCc1ccc(N2CCCC2)cc1. The van der Waals surface area contributed by atoms with E-state index < -0.39 is 0 Å². The van der Waals surface area contributed by atoms with E-state index in [4.69, 9.17) is 0 Å². The number of nitrogens with zero attached hydrogens (tertiary/aromatic N) is 3. The second-order valence-corrected chi connectivity index (χ2v) is 5.87. The van der Waals surface area contributed by atoms with Crippen molar-refractivity contribution in [3.63, 3.8) is 0 Å². The van der Waals surface area contributed by atoms with Crippen LogP contribution in [0.3, 0.4) is 0 Å². The summed E-state index contributed by atoms with van der Waals surface area (Å²) >= 11 is 0. The minimum Gasteiger partial charge on any atom is -0.372 e. The third kappa shape index (κ3) is 3.69. The Bertz CT molecular complexity index is 492. The zero-order chi connectivity index (χ0) is 15.2. The summed E-state index contributed by atoms with van der Waals surface area (Å²) in [5.41, 5.74) is 11.6. The van der Waals surface area contributed by atoms with Crippen molar-refractivity contribution in [2.75, 3.05) is 24.5 Å². The van der Waals surface area contributed by atoms with Crippen molar-refractivity contribution in [2.45, 2.75) is 39.2 Å². The molecule has 2 fully saturated rings. The molecule has 0 aliphatic carbocycles. The number of rotatable bonds is 6. The Balaban J connectivity index is 1.57. The molecule has 6 heteroatoms. The van der Waals surface area contributed by atoms with E-state index in [0.29, 0.717) is 6.54 Å². The summed E-state index contributed by atoms with van der Waals surface area (Å²) in [5, 5.41) is 2.02. The Morgan fingerprint density at radius 2 is 1.91 bits per heavy atom. The van der Waals surface area contributed by atoms with E-state index in [2.05, 4.69) is 57.6 Å². The fourth-order valence-electron chi connectivity index (χ4n) is 2.83. The molecule has 3 N–H and O–H groups in total. The van der Waals surface area contributed by atoms with Crippen molar-refractivity contribution in [3.05, 3.63) is 29.8 Å². The highest BCUT2D eigenvalue weighted by atomic mass is 15.9. The number of anilines is 1. The maximum absolute atomic E-state index is 4.65. The third-order valence-corrected chi connectivity index (χ3v) is 4.18. The minimum absolute atomic E-state index is 0.689. The van der Waals surface area contributed by atoms with Crippen molar-refractivity contribution in [1.82, 2.24) is 21.5 Å². The lowest BCUT2D eigenvalue weighted by Crippen LogP contribution is -2.38. The minimum atomic E-state index is 0.689. The smallest absolute Gasteiger partial charge is 0.225 e. The van der Waals surface area contributed by atoms with Crippen LogP contribution in [0.5, 0.6) is 0 Å². The van der Waals surface area contributed by atoms with E-state index in [1.54, 1.807) is 0 Å². The predicted octanol–water partition coefficient (Wildman–Crippen LogP) is 1.77. The van der Waals surface area contributed by atoms with Gasteiger partial charge in [0, 0.05) is 25.3 Å². The highest BCUT2D eigenvalue weighted by Gasteiger charge is 2.16. The summed E-state index contributed by atoms with van der Waals surface area (Å²) in [6.45, 7) is 6.21. The van der Waals surface area contributed by atoms with Crippen LogP contribution in [0.15, 0.2) is 29.3 Å². The van der Waals surface area contributed by atoms with Gasteiger partial charge in [0.15, 0.2) is 0 Å². The number of hydrogen-bond donors (Lipinski definition) is 3. The van der Waals surface area contributed by atoms with E-state index in [1.165, 1.54) is 43.6 Å². The number of unbranched alkanes of at least 4 members (excludes halogenated alkanes) is 1. The summed E-state index contributed by atoms with van der Waals surface area (Å²) in [7, 11) is 0. The molecule has 2 aliphatic heterocycles. The third-order valence-electron chi connectivity index (χ3n) is 4.18. The number of nitrogens with one attached hydrogen (secondary N) is 3. The molecule has 0 bridgehead atoms. The van der Waals surface area contributed by atoms with Gasteiger partial charge in [-0.15, -0.1) is 5.53 Å². The van der Waals surface area contributed by atoms with Gasteiger partial charge in [-0.25, -0.2) is 4.99 Å². The van der Waals surface area contributed by atoms with Gasteiger partial charge in [-0.1, -0.05) is 25.5 Å². The Morgan fingerprint density at radius 3 is 2.64 bits per heavy atom. The molecule has 0 unspecified atom stereocenters. The highest BCUT2D eigenvalue weighted by molar-refractivity contribution is 5.80. The van der Waals surface area contributed by atoms with Gasteiger partial charge in [-0.2, -0.15) is 5.53 Å². The molecular weight excluding hydrogens is 276 g/mol. The first-order valence-electron chi connectivity index (χ1n) is 8.29.